The molecule has 1 amide bonds. The van der Waals surface area contributed by atoms with Crippen molar-refractivity contribution >= 4 is 22.8 Å². The van der Waals surface area contributed by atoms with Gasteiger partial charge >= 0.3 is 0 Å². The number of amides is 1. The van der Waals surface area contributed by atoms with Crippen molar-refractivity contribution in [3.63, 3.8) is 0 Å². The van der Waals surface area contributed by atoms with Crippen LogP contribution in [0.2, 0.25) is 0 Å². The van der Waals surface area contributed by atoms with Gasteiger partial charge in [0.15, 0.2) is 5.65 Å². The molecular formula is C29H31F2N7O3. The Morgan fingerprint density at radius 2 is 1.78 bits per heavy atom. The van der Waals surface area contributed by atoms with E-state index in [2.05, 4.69) is 20.4 Å². The van der Waals surface area contributed by atoms with Crippen molar-refractivity contribution in [2.45, 2.75) is 56.7 Å². The number of pyridine rings is 1. The highest BCUT2D eigenvalue weighted by Gasteiger charge is 2.37. The maximum absolute atomic E-state index is 13.4. The number of hydrogen-bond acceptors (Lipinski definition) is 7. The lowest BCUT2D eigenvalue weighted by Gasteiger charge is -2.40. The van der Waals surface area contributed by atoms with E-state index in [9.17, 15) is 23.5 Å². The average molecular weight is 564 g/mol. The van der Waals surface area contributed by atoms with E-state index in [1.54, 1.807) is 24.3 Å². The second-order valence-corrected chi connectivity index (χ2v) is 11.0. The normalized spacial score (nSPS) is 20.7. The van der Waals surface area contributed by atoms with Gasteiger partial charge in [-0.05, 0) is 74.9 Å². The van der Waals surface area contributed by atoms with E-state index in [4.69, 9.17) is 0 Å². The predicted octanol–water partition coefficient (Wildman–Crippen LogP) is 3.28. The molecule has 3 aromatic heterocycles. The number of piperidine rings is 1. The molecule has 1 saturated carbocycles. The lowest BCUT2D eigenvalue weighted by Crippen LogP contribution is -2.51. The van der Waals surface area contributed by atoms with Gasteiger partial charge in [0.25, 0.3) is 5.56 Å². The van der Waals surface area contributed by atoms with Crippen molar-refractivity contribution in [3.05, 3.63) is 77.1 Å². The second kappa shape index (κ2) is 11.0. The first-order valence-corrected chi connectivity index (χ1v) is 13.9. The molecule has 0 radical (unpaired) electrons. The highest BCUT2D eigenvalue weighted by molar-refractivity contribution is 5.79. The fourth-order valence-electron chi connectivity index (χ4n) is 5.89. The largest absolute Gasteiger partial charge is 0.388 e. The molecule has 214 valence electrons. The zero-order valence-corrected chi connectivity index (χ0v) is 22.4. The fraction of sp³-hybridized carbons (Fsp3) is 0.414. The molecule has 4 aromatic rings. The number of nitrogens with zero attached hydrogens (tertiary/aromatic N) is 6. The molecule has 0 atom stereocenters. The zero-order valence-electron chi connectivity index (χ0n) is 22.4. The maximum Gasteiger partial charge on any atom is 0.264 e. The second-order valence-electron chi connectivity index (χ2n) is 11.0. The molecule has 1 saturated heterocycles. The quantitative estimate of drug-likeness (QED) is 0.346. The summed E-state index contributed by atoms with van der Waals surface area (Å²) in [5.74, 6) is -0.370. The Morgan fingerprint density at radius 1 is 1.05 bits per heavy atom. The Bertz CT molecular complexity index is 1600. The zero-order chi connectivity index (χ0) is 28.6. The van der Waals surface area contributed by atoms with Crippen LogP contribution in [0.4, 0.5) is 14.6 Å². The van der Waals surface area contributed by atoms with Crippen LogP contribution in [-0.4, -0.2) is 65.0 Å². The maximum atomic E-state index is 13.4. The van der Waals surface area contributed by atoms with Gasteiger partial charge in [0.05, 0.1) is 24.0 Å². The molecule has 0 unspecified atom stereocenters. The standard InChI is InChI=1S/C29H31F2N7O3/c30-20-6-10-22(11-7-20)38-26-23(16-33-38)28(40)37(18-32-26)17-29(41)12-14-36(15-13-29)27(39)19-4-8-21(9-5-19)34-25-3-1-2-24(31)35-25/h1-3,6-7,10-11,16,18-19,21,41H,4-5,8-9,12-15,17H2,(H,34,35). The van der Waals surface area contributed by atoms with Crippen LogP contribution in [0, 0.1) is 17.7 Å². The number of carbonyl (C=O) groups is 1. The number of nitrogens with one attached hydrogen (secondary N) is 1. The van der Waals surface area contributed by atoms with E-state index < -0.39 is 11.5 Å². The molecule has 6 rings (SSSR count). The first kappa shape index (κ1) is 27.0. The van der Waals surface area contributed by atoms with E-state index in [-0.39, 0.29) is 35.8 Å². The average Bonchev–Trinajstić information content (AvgIpc) is 3.40. The first-order chi connectivity index (χ1) is 19.8. The molecule has 10 nitrogen and oxygen atoms in total. The van der Waals surface area contributed by atoms with Crippen molar-refractivity contribution < 1.29 is 18.7 Å². The SMILES string of the molecule is O=C(C1CCC(Nc2cccc(F)n2)CC1)N1CCC(O)(Cn2cnc3c(cnn3-c3ccc(F)cc3)c2=O)CC1. The summed E-state index contributed by atoms with van der Waals surface area (Å²) in [6.45, 7) is 0.880. The minimum atomic E-state index is -1.15. The fourth-order valence-corrected chi connectivity index (χ4v) is 5.89. The third-order valence-electron chi connectivity index (χ3n) is 8.24. The van der Waals surface area contributed by atoms with Crippen LogP contribution in [0.15, 0.2) is 59.8 Å². The number of likely N-dealkylation sites (tertiary alicyclic amines) is 1. The molecule has 1 aromatic carbocycles. The molecule has 0 bridgehead atoms. The van der Waals surface area contributed by atoms with Gasteiger partial charge in [0.1, 0.15) is 23.3 Å². The van der Waals surface area contributed by atoms with Gasteiger partial charge in [0, 0.05) is 25.0 Å². The molecule has 2 fully saturated rings. The van der Waals surface area contributed by atoms with Crippen molar-refractivity contribution in [1.82, 2.24) is 29.2 Å². The highest BCUT2D eigenvalue weighted by Crippen LogP contribution is 2.31. The monoisotopic (exact) mass is 563 g/mol. The molecule has 4 heterocycles. The van der Waals surface area contributed by atoms with Gasteiger partial charge in [-0.1, -0.05) is 6.07 Å². The van der Waals surface area contributed by atoms with Crippen LogP contribution in [-0.2, 0) is 11.3 Å². The number of halogens is 2. The third-order valence-corrected chi connectivity index (χ3v) is 8.24. The van der Waals surface area contributed by atoms with E-state index >= 15 is 0 Å². The van der Waals surface area contributed by atoms with Crippen molar-refractivity contribution in [3.8, 4) is 5.69 Å². The topological polar surface area (TPSA) is 118 Å². The summed E-state index contributed by atoms with van der Waals surface area (Å²) in [7, 11) is 0. The number of anilines is 1. The van der Waals surface area contributed by atoms with Crippen LogP contribution in [0.25, 0.3) is 16.7 Å². The molecule has 12 heteroatoms. The number of rotatable bonds is 6. The summed E-state index contributed by atoms with van der Waals surface area (Å²) in [6, 6.07) is 10.5. The van der Waals surface area contributed by atoms with Gasteiger partial charge < -0.3 is 15.3 Å². The van der Waals surface area contributed by atoms with Gasteiger partial charge in [-0.25, -0.2) is 19.0 Å². The summed E-state index contributed by atoms with van der Waals surface area (Å²) in [6.07, 6.45) is 6.58. The van der Waals surface area contributed by atoms with E-state index in [0.29, 0.717) is 48.5 Å². The van der Waals surface area contributed by atoms with E-state index in [1.807, 2.05) is 4.90 Å². The van der Waals surface area contributed by atoms with Gasteiger partial charge in [-0.3, -0.25) is 14.2 Å². The van der Waals surface area contributed by atoms with Gasteiger partial charge in [-0.15, -0.1) is 0 Å². The minimum absolute atomic E-state index is 0.0590. The number of benzene rings is 1. The molecule has 0 spiro atoms. The van der Waals surface area contributed by atoms with Crippen molar-refractivity contribution in [2.24, 2.45) is 5.92 Å². The van der Waals surface area contributed by atoms with E-state index in [1.165, 1.54) is 40.0 Å². The van der Waals surface area contributed by atoms with E-state index in [0.717, 1.165) is 25.7 Å². The smallest absolute Gasteiger partial charge is 0.264 e. The number of aromatic nitrogens is 5. The Balaban J connectivity index is 1.04. The Kier molecular flexibility index (Phi) is 7.24. The van der Waals surface area contributed by atoms with Crippen LogP contribution < -0.4 is 10.9 Å². The molecule has 2 aliphatic rings. The summed E-state index contributed by atoms with van der Waals surface area (Å²) in [5, 5.41) is 19.1. The molecule has 1 aliphatic heterocycles. The highest BCUT2D eigenvalue weighted by atomic mass is 19.1. The van der Waals surface area contributed by atoms with Crippen LogP contribution in [0.5, 0.6) is 0 Å². The summed E-state index contributed by atoms with van der Waals surface area (Å²) < 4.78 is 29.5. The lowest BCUT2D eigenvalue weighted by atomic mass is 9.84. The molecular weight excluding hydrogens is 532 g/mol. The Morgan fingerprint density at radius 3 is 2.49 bits per heavy atom. The molecule has 1 aliphatic carbocycles. The van der Waals surface area contributed by atoms with Gasteiger partial charge in [0.2, 0.25) is 11.9 Å². The Labute approximate surface area is 234 Å². The lowest BCUT2D eigenvalue weighted by molar-refractivity contribution is -0.141. The number of fused-ring (bicyclic) bond motifs is 1. The van der Waals surface area contributed by atoms with Crippen LogP contribution in [0.3, 0.4) is 0 Å². The summed E-state index contributed by atoms with van der Waals surface area (Å²) in [5.41, 5.74) is -0.547. The Hall–Kier alpha value is -4.19. The van der Waals surface area contributed by atoms with Crippen LogP contribution in [0.1, 0.15) is 38.5 Å². The van der Waals surface area contributed by atoms with Crippen molar-refractivity contribution in [2.75, 3.05) is 18.4 Å². The predicted molar refractivity (Wildman–Crippen MR) is 147 cm³/mol. The number of hydrogen-bond donors (Lipinski definition) is 2. The van der Waals surface area contributed by atoms with Crippen molar-refractivity contribution in [1.29, 1.82) is 0 Å². The molecule has 2 N–H and O–H groups in total. The first-order valence-electron chi connectivity index (χ1n) is 13.9. The summed E-state index contributed by atoms with van der Waals surface area (Å²) in [4.78, 5) is 36.5. The van der Waals surface area contributed by atoms with Crippen LogP contribution >= 0.6 is 0 Å². The molecule has 41 heavy (non-hydrogen) atoms. The van der Waals surface area contributed by atoms with Gasteiger partial charge in [-0.2, -0.15) is 9.49 Å². The minimum Gasteiger partial charge on any atom is -0.388 e. The summed E-state index contributed by atoms with van der Waals surface area (Å²) >= 11 is 0. The number of carbonyl (C=O) groups excluding carboxylic acids is 1. The third kappa shape index (κ3) is 5.69. The number of aliphatic hydroxyl groups is 1.